The Morgan fingerprint density at radius 1 is 1.30 bits per heavy atom. The van der Waals surface area contributed by atoms with Gasteiger partial charge in [0.05, 0.1) is 0 Å². The zero-order chi connectivity index (χ0) is 14.4. The van der Waals surface area contributed by atoms with Gasteiger partial charge in [0.2, 0.25) is 0 Å². The number of pyridine rings is 1. The zero-order valence-electron chi connectivity index (χ0n) is 11.2. The van der Waals surface area contributed by atoms with Crippen LogP contribution in [0.1, 0.15) is 23.7 Å². The number of carbonyl (C=O) groups is 1. The smallest absolute Gasteiger partial charge is 0.255 e. The average molecular weight is 290 g/mol. The summed E-state index contributed by atoms with van der Waals surface area (Å²) in [6.45, 7) is 2.90. The molecule has 0 saturated carbocycles. The monoisotopic (exact) mass is 289 g/mol. The molecule has 0 radical (unpaired) electrons. The number of rotatable bonds is 5. The topological polar surface area (TPSA) is 54.0 Å². The summed E-state index contributed by atoms with van der Waals surface area (Å²) in [6.07, 6.45) is 2.62. The van der Waals surface area contributed by atoms with E-state index >= 15 is 0 Å². The Kier molecular flexibility index (Phi) is 4.96. The van der Waals surface area contributed by atoms with Crippen molar-refractivity contribution in [3.8, 4) is 0 Å². The van der Waals surface area contributed by atoms with Crippen molar-refractivity contribution in [2.24, 2.45) is 0 Å². The highest BCUT2D eigenvalue weighted by atomic mass is 35.5. The van der Waals surface area contributed by atoms with Crippen LogP contribution in [0.4, 0.5) is 11.5 Å². The van der Waals surface area contributed by atoms with E-state index in [2.05, 4.69) is 22.5 Å². The summed E-state index contributed by atoms with van der Waals surface area (Å²) in [7, 11) is 0. The van der Waals surface area contributed by atoms with Crippen LogP contribution < -0.4 is 10.6 Å². The van der Waals surface area contributed by atoms with Crippen molar-refractivity contribution in [1.82, 2.24) is 4.98 Å². The second-order valence-corrected chi connectivity index (χ2v) is 4.76. The summed E-state index contributed by atoms with van der Waals surface area (Å²) in [5.41, 5.74) is 1.22. The van der Waals surface area contributed by atoms with Gasteiger partial charge in [-0.1, -0.05) is 24.6 Å². The molecule has 0 aliphatic rings. The van der Waals surface area contributed by atoms with Gasteiger partial charge in [0, 0.05) is 29.0 Å². The maximum atomic E-state index is 12.1. The van der Waals surface area contributed by atoms with Crippen LogP contribution in [-0.4, -0.2) is 17.4 Å². The number of hydrogen-bond donors (Lipinski definition) is 2. The minimum Gasteiger partial charge on any atom is -0.370 e. The molecule has 0 aliphatic carbocycles. The molecule has 104 valence electrons. The van der Waals surface area contributed by atoms with Crippen molar-refractivity contribution in [3.63, 3.8) is 0 Å². The standard InChI is InChI=1S/C15H16ClN3O/c1-2-7-17-14-9-11(6-8-18-14)15(20)19-13-5-3-4-12(16)10-13/h3-6,8-10H,2,7H2,1H3,(H,17,18)(H,19,20). The van der Waals surface area contributed by atoms with Gasteiger partial charge in [0.25, 0.3) is 5.91 Å². The number of carbonyl (C=O) groups excluding carboxylic acids is 1. The summed E-state index contributed by atoms with van der Waals surface area (Å²) >= 11 is 5.89. The lowest BCUT2D eigenvalue weighted by Crippen LogP contribution is -2.13. The first-order chi connectivity index (χ1) is 9.69. The van der Waals surface area contributed by atoms with Gasteiger partial charge < -0.3 is 10.6 Å². The van der Waals surface area contributed by atoms with E-state index in [1.54, 1.807) is 42.6 Å². The minimum absolute atomic E-state index is 0.186. The van der Waals surface area contributed by atoms with Crippen LogP contribution in [0.2, 0.25) is 5.02 Å². The van der Waals surface area contributed by atoms with E-state index in [0.29, 0.717) is 22.1 Å². The fourth-order valence-corrected chi connectivity index (χ4v) is 1.88. The second-order valence-electron chi connectivity index (χ2n) is 4.32. The number of hydrogen-bond acceptors (Lipinski definition) is 3. The van der Waals surface area contributed by atoms with Crippen molar-refractivity contribution in [2.45, 2.75) is 13.3 Å². The van der Waals surface area contributed by atoms with Crippen molar-refractivity contribution in [2.75, 3.05) is 17.2 Å². The molecule has 0 atom stereocenters. The average Bonchev–Trinajstić information content (AvgIpc) is 2.45. The number of nitrogens with one attached hydrogen (secondary N) is 2. The molecule has 20 heavy (non-hydrogen) atoms. The summed E-state index contributed by atoms with van der Waals surface area (Å²) in [5.74, 6) is 0.514. The van der Waals surface area contributed by atoms with Crippen molar-refractivity contribution in [1.29, 1.82) is 0 Å². The summed E-state index contributed by atoms with van der Waals surface area (Å²) < 4.78 is 0. The van der Waals surface area contributed by atoms with Crippen LogP contribution in [0.3, 0.4) is 0 Å². The lowest BCUT2D eigenvalue weighted by atomic mass is 10.2. The molecule has 4 nitrogen and oxygen atoms in total. The molecule has 0 bridgehead atoms. The summed E-state index contributed by atoms with van der Waals surface area (Å²) in [6, 6.07) is 10.5. The van der Waals surface area contributed by atoms with E-state index < -0.39 is 0 Å². The first-order valence-corrected chi connectivity index (χ1v) is 6.83. The largest absolute Gasteiger partial charge is 0.370 e. The van der Waals surface area contributed by atoms with E-state index in [4.69, 9.17) is 11.6 Å². The van der Waals surface area contributed by atoms with Crippen molar-refractivity contribution in [3.05, 3.63) is 53.2 Å². The Balaban J connectivity index is 2.09. The molecule has 1 aromatic heterocycles. The highest BCUT2D eigenvalue weighted by molar-refractivity contribution is 6.30. The van der Waals surface area contributed by atoms with E-state index in [1.807, 2.05) is 0 Å². The molecule has 1 heterocycles. The van der Waals surface area contributed by atoms with Gasteiger partial charge in [-0.05, 0) is 36.8 Å². The van der Waals surface area contributed by atoms with Gasteiger partial charge in [0.15, 0.2) is 0 Å². The Hall–Kier alpha value is -2.07. The minimum atomic E-state index is -0.186. The van der Waals surface area contributed by atoms with Gasteiger partial charge in [-0.2, -0.15) is 0 Å². The summed E-state index contributed by atoms with van der Waals surface area (Å²) in [4.78, 5) is 16.3. The molecular formula is C15H16ClN3O. The molecule has 2 rings (SSSR count). The van der Waals surface area contributed by atoms with E-state index in [-0.39, 0.29) is 5.91 Å². The van der Waals surface area contributed by atoms with Gasteiger partial charge in [0.1, 0.15) is 5.82 Å². The third-order valence-electron chi connectivity index (χ3n) is 2.66. The first-order valence-electron chi connectivity index (χ1n) is 6.46. The molecular weight excluding hydrogens is 274 g/mol. The highest BCUT2D eigenvalue weighted by Crippen LogP contribution is 2.16. The highest BCUT2D eigenvalue weighted by Gasteiger charge is 2.07. The van der Waals surface area contributed by atoms with Crippen LogP contribution in [-0.2, 0) is 0 Å². The Morgan fingerprint density at radius 2 is 2.15 bits per heavy atom. The lowest BCUT2D eigenvalue weighted by Gasteiger charge is -2.08. The lowest BCUT2D eigenvalue weighted by molar-refractivity contribution is 0.102. The van der Waals surface area contributed by atoms with Crippen LogP contribution in [0, 0.1) is 0 Å². The van der Waals surface area contributed by atoms with Gasteiger partial charge in [-0.25, -0.2) is 4.98 Å². The molecule has 0 aliphatic heterocycles. The molecule has 5 heteroatoms. The molecule has 0 unspecified atom stereocenters. The first kappa shape index (κ1) is 14.3. The molecule has 0 spiro atoms. The van der Waals surface area contributed by atoms with E-state index in [1.165, 1.54) is 0 Å². The number of amides is 1. The Labute approximate surface area is 123 Å². The maximum Gasteiger partial charge on any atom is 0.255 e. The number of halogens is 1. The number of benzene rings is 1. The van der Waals surface area contributed by atoms with Crippen LogP contribution in [0.25, 0.3) is 0 Å². The SMILES string of the molecule is CCCNc1cc(C(=O)Nc2cccc(Cl)c2)ccn1. The van der Waals surface area contributed by atoms with E-state index in [0.717, 1.165) is 13.0 Å². The zero-order valence-corrected chi connectivity index (χ0v) is 11.9. The van der Waals surface area contributed by atoms with Crippen LogP contribution >= 0.6 is 11.6 Å². The quantitative estimate of drug-likeness (QED) is 0.880. The number of nitrogens with zero attached hydrogens (tertiary/aromatic N) is 1. The van der Waals surface area contributed by atoms with Crippen LogP contribution in [0.5, 0.6) is 0 Å². The molecule has 0 fully saturated rings. The van der Waals surface area contributed by atoms with Gasteiger partial charge in [-0.15, -0.1) is 0 Å². The van der Waals surface area contributed by atoms with Crippen molar-refractivity contribution >= 4 is 29.0 Å². The number of anilines is 2. The number of aromatic nitrogens is 1. The molecule has 2 N–H and O–H groups in total. The molecule has 2 aromatic rings. The third-order valence-corrected chi connectivity index (χ3v) is 2.90. The molecule has 1 aromatic carbocycles. The van der Waals surface area contributed by atoms with Crippen LogP contribution in [0.15, 0.2) is 42.6 Å². The predicted octanol–water partition coefficient (Wildman–Crippen LogP) is 3.81. The normalized spacial score (nSPS) is 10.1. The fourth-order valence-electron chi connectivity index (χ4n) is 1.69. The maximum absolute atomic E-state index is 12.1. The van der Waals surface area contributed by atoms with Gasteiger partial charge in [-0.3, -0.25) is 4.79 Å². The van der Waals surface area contributed by atoms with Gasteiger partial charge >= 0.3 is 0 Å². The predicted molar refractivity (Wildman–Crippen MR) is 82.4 cm³/mol. The third kappa shape index (κ3) is 3.96. The molecule has 0 saturated heterocycles. The fraction of sp³-hybridized carbons (Fsp3) is 0.200. The van der Waals surface area contributed by atoms with Crippen molar-refractivity contribution < 1.29 is 4.79 Å². The Bertz CT molecular complexity index is 601. The second kappa shape index (κ2) is 6.91. The van der Waals surface area contributed by atoms with E-state index in [9.17, 15) is 4.79 Å². The molecule has 1 amide bonds. The summed E-state index contributed by atoms with van der Waals surface area (Å²) in [5, 5.41) is 6.54. The Morgan fingerprint density at radius 3 is 2.90 bits per heavy atom.